The predicted molar refractivity (Wildman–Crippen MR) is 33.8 cm³/mol. The summed E-state index contributed by atoms with van der Waals surface area (Å²) in [4.78, 5) is 0. The summed E-state index contributed by atoms with van der Waals surface area (Å²) < 4.78 is 4.62. The van der Waals surface area contributed by atoms with E-state index in [0.717, 1.165) is 0 Å². The fraction of sp³-hybridized carbons (Fsp3) is 0.200. The van der Waals surface area contributed by atoms with Crippen molar-refractivity contribution in [3.8, 4) is 0 Å². The molecular formula is C5H6O3S. The van der Waals surface area contributed by atoms with E-state index < -0.39 is 5.12 Å². The first-order valence-electron chi connectivity index (χ1n) is 2.32. The third-order valence-electron chi connectivity index (χ3n) is 0.852. The van der Waals surface area contributed by atoms with Crippen molar-refractivity contribution in [3.63, 3.8) is 0 Å². The fourth-order valence-electron chi connectivity index (χ4n) is 0.469. The molecule has 1 aromatic heterocycles. The Labute approximate surface area is 57.3 Å². The predicted octanol–water partition coefficient (Wildman–Crippen LogP) is 0.304. The molecule has 1 rings (SSSR count). The van der Waals surface area contributed by atoms with E-state index in [1.165, 1.54) is 12.3 Å². The third kappa shape index (κ3) is 1.48. The first-order valence-corrected chi connectivity index (χ1v) is 2.76. The molecule has 50 valence electrons. The lowest BCUT2D eigenvalue weighted by atomic mass is 10.4. The number of hydrogen-bond donors (Lipinski definition) is 3. The van der Waals surface area contributed by atoms with Crippen molar-refractivity contribution in [2.45, 2.75) is 5.12 Å². The Balaban J connectivity index is 2.90. The van der Waals surface area contributed by atoms with Crippen LogP contribution in [0.3, 0.4) is 0 Å². The molecule has 0 fully saturated rings. The quantitative estimate of drug-likeness (QED) is 0.394. The zero-order valence-corrected chi connectivity index (χ0v) is 5.38. The highest BCUT2D eigenvalue weighted by Crippen LogP contribution is 2.21. The van der Waals surface area contributed by atoms with Gasteiger partial charge in [-0.15, -0.1) is 12.6 Å². The van der Waals surface area contributed by atoms with Gasteiger partial charge in [-0.2, -0.15) is 0 Å². The molecular weight excluding hydrogens is 140 g/mol. The summed E-state index contributed by atoms with van der Waals surface area (Å²) in [7, 11) is 0. The van der Waals surface area contributed by atoms with Crippen LogP contribution in [-0.2, 0) is 5.12 Å². The lowest BCUT2D eigenvalue weighted by molar-refractivity contribution is -0.0945. The molecule has 3 nitrogen and oxygen atoms in total. The normalized spacial score (nSPS) is 11.9. The van der Waals surface area contributed by atoms with Crippen LogP contribution in [0.1, 0.15) is 5.76 Å². The lowest BCUT2D eigenvalue weighted by Gasteiger charge is -2.09. The molecule has 0 saturated heterocycles. The van der Waals surface area contributed by atoms with Crippen LogP contribution in [0.5, 0.6) is 0 Å². The summed E-state index contributed by atoms with van der Waals surface area (Å²) in [6.45, 7) is 0. The number of furan rings is 1. The molecule has 0 radical (unpaired) electrons. The van der Waals surface area contributed by atoms with Gasteiger partial charge in [0, 0.05) is 0 Å². The molecule has 0 amide bonds. The van der Waals surface area contributed by atoms with Crippen LogP contribution >= 0.6 is 12.6 Å². The van der Waals surface area contributed by atoms with Crippen LogP contribution in [0.2, 0.25) is 0 Å². The van der Waals surface area contributed by atoms with Crippen LogP contribution in [0, 0.1) is 0 Å². The summed E-state index contributed by atoms with van der Waals surface area (Å²) in [6.07, 6.45) is 1.34. The van der Waals surface area contributed by atoms with Crippen molar-refractivity contribution in [1.29, 1.82) is 0 Å². The van der Waals surface area contributed by atoms with Gasteiger partial charge in [0.15, 0.2) is 5.76 Å². The average molecular weight is 146 g/mol. The van der Waals surface area contributed by atoms with Crippen molar-refractivity contribution < 1.29 is 14.6 Å². The maximum Gasteiger partial charge on any atom is 0.271 e. The van der Waals surface area contributed by atoms with Crippen LogP contribution < -0.4 is 0 Å². The van der Waals surface area contributed by atoms with E-state index in [1.807, 2.05) is 0 Å². The topological polar surface area (TPSA) is 53.6 Å². The summed E-state index contributed by atoms with van der Waals surface area (Å²) in [5.74, 6) is 0.0193. The van der Waals surface area contributed by atoms with Gasteiger partial charge in [0.1, 0.15) is 0 Å². The molecule has 0 unspecified atom stereocenters. The molecule has 0 atom stereocenters. The highest BCUT2D eigenvalue weighted by Gasteiger charge is 2.22. The Bertz CT molecular complexity index is 175. The second-order valence-corrected chi connectivity index (χ2v) is 2.24. The van der Waals surface area contributed by atoms with E-state index >= 15 is 0 Å². The maximum atomic E-state index is 8.70. The Hall–Kier alpha value is -0.450. The minimum Gasteiger partial charge on any atom is -0.463 e. The van der Waals surface area contributed by atoms with Gasteiger partial charge < -0.3 is 14.6 Å². The fourth-order valence-corrected chi connectivity index (χ4v) is 0.597. The van der Waals surface area contributed by atoms with E-state index in [-0.39, 0.29) is 5.76 Å². The molecule has 1 heterocycles. The van der Waals surface area contributed by atoms with Gasteiger partial charge in [0.05, 0.1) is 6.26 Å². The number of rotatable bonds is 1. The average Bonchev–Trinajstić information content (AvgIpc) is 2.08. The third-order valence-corrected chi connectivity index (χ3v) is 1.07. The van der Waals surface area contributed by atoms with Crippen LogP contribution in [0.15, 0.2) is 22.8 Å². The van der Waals surface area contributed by atoms with E-state index in [1.54, 1.807) is 6.07 Å². The standard InChI is InChI=1S/C5H6O3S/c6-5(7,9)4-2-1-3-8-4/h1-3,6-7,9H. The SMILES string of the molecule is OC(O)(S)c1ccco1. The Kier molecular flexibility index (Phi) is 1.52. The van der Waals surface area contributed by atoms with Gasteiger partial charge in [-0.25, -0.2) is 0 Å². The second kappa shape index (κ2) is 2.06. The van der Waals surface area contributed by atoms with Crippen molar-refractivity contribution in [2.24, 2.45) is 0 Å². The van der Waals surface area contributed by atoms with E-state index in [0.29, 0.717) is 0 Å². The van der Waals surface area contributed by atoms with Gasteiger partial charge in [-0.1, -0.05) is 0 Å². The van der Waals surface area contributed by atoms with Crippen LogP contribution in [0.4, 0.5) is 0 Å². The molecule has 0 aliphatic rings. The molecule has 0 aromatic carbocycles. The summed E-state index contributed by atoms with van der Waals surface area (Å²) in [5.41, 5.74) is 0. The summed E-state index contributed by atoms with van der Waals surface area (Å²) in [5, 5.41) is 15.3. The van der Waals surface area contributed by atoms with Crippen molar-refractivity contribution in [3.05, 3.63) is 24.2 Å². The van der Waals surface area contributed by atoms with Crippen molar-refractivity contribution >= 4 is 12.6 Å². The van der Waals surface area contributed by atoms with Crippen molar-refractivity contribution in [2.75, 3.05) is 0 Å². The van der Waals surface area contributed by atoms with Gasteiger partial charge >= 0.3 is 0 Å². The highest BCUT2D eigenvalue weighted by atomic mass is 32.1. The summed E-state index contributed by atoms with van der Waals surface area (Å²) in [6, 6.07) is 2.97. The second-order valence-electron chi connectivity index (χ2n) is 1.61. The van der Waals surface area contributed by atoms with Crippen LogP contribution in [0.25, 0.3) is 0 Å². The molecule has 0 aliphatic carbocycles. The monoisotopic (exact) mass is 146 g/mol. The molecule has 0 saturated carbocycles. The number of aliphatic hydroxyl groups is 2. The number of hydrogen-bond acceptors (Lipinski definition) is 4. The molecule has 4 heteroatoms. The Morgan fingerprint density at radius 3 is 2.44 bits per heavy atom. The van der Waals surface area contributed by atoms with E-state index in [9.17, 15) is 0 Å². The first kappa shape index (κ1) is 6.67. The van der Waals surface area contributed by atoms with Gasteiger partial charge in [0.25, 0.3) is 5.12 Å². The molecule has 1 aromatic rings. The Morgan fingerprint density at radius 2 is 2.22 bits per heavy atom. The summed E-state index contributed by atoms with van der Waals surface area (Å²) >= 11 is 3.43. The van der Waals surface area contributed by atoms with Gasteiger partial charge in [-0.05, 0) is 12.1 Å². The largest absolute Gasteiger partial charge is 0.463 e. The maximum absolute atomic E-state index is 8.70. The highest BCUT2D eigenvalue weighted by molar-refractivity contribution is 7.80. The molecule has 9 heavy (non-hydrogen) atoms. The Morgan fingerprint density at radius 1 is 1.56 bits per heavy atom. The van der Waals surface area contributed by atoms with E-state index in [2.05, 4.69) is 17.0 Å². The zero-order chi connectivity index (χ0) is 6.91. The number of thiol groups is 1. The lowest BCUT2D eigenvalue weighted by Crippen LogP contribution is -2.14. The minimum atomic E-state index is -2.15. The van der Waals surface area contributed by atoms with Crippen LogP contribution in [-0.4, -0.2) is 10.2 Å². The molecule has 0 bridgehead atoms. The molecule has 0 spiro atoms. The van der Waals surface area contributed by atoms with Gasteiger partial charge in [0.2, 0.25) is 0 Å². The molecule has 0 aliphatic heterocycles. The van der Waals surface area contributed by atoms with Crippen molar-refractivity contribution in [1.82, 2.24) is 0 Å². The smallest absolute Gasteiger partial charge is 0.271 e. The zero-order valence-electron chi connectivity index (χ0n) is 4.48. The van der Waals surface area contributed by atoms with E-state index in [4.69, 9.17) is 10.2 Å². The minimum absolute atomic E-state index is 0.0193. The first-order chi connectivity index (χ1) is 4.11. The van der Waals surface area contributed by atoms with Gasteiger partial charge in [-0.3, -0.25) is 0 Å². The molecule has 2 N–H and O–H groups in total.